The number of thiazole rings is 1. The van der Waals surface area contributed by atoms with Crippen molar-refractivity contribution in [1.29, 1.82) is 0 Å². The van der Waals surface area contributed by atoms with Gasteiger partial charge in [0.15, 0.2) is 16.6 Å². The van der Waals surface area contributed by atoms with Crippen molar-refractivity contribution in [2.75, 3.05) is 4.90 Å². The Morgan fingerprint density at radius 3 is 2.64 bits per heavy atom. The van der Waals surface area contributed by atoms with Gasteiger partial charge < -0.3 is 5.11 Å². The van der Waals surface area contributed by atoms with Crippen molar-refractivity contribution in [3.8, 4) is 0 Å². The van der Waals surface area contributed by atoms with Gasteiger partial charge in [-0.3, -0.25) is 19.2 Å². The van der Waals surface area contributed by atoms with Gasteiger partial charge in [0, 0.05) is 32.1 Å². The summed E-state index contributed by atoms with van der Waals surface area (Å²) in [6.07, 6.45) is 3.57. The molecule has 0 aromatic carbocycles. The lowest BCUT2D eigenvalue weighted by Gasteiger charge is -2.19. The number of Topliss-reactive ketones (excluding diaryl/α,β-unsaturated/α-hetero) is 1. The molecule has 8 nitrogen and oxygen atoms in total. The number of aromatic carboxylic acids is 1. The molecule has 0 radical (unpaired) electrons. The van der Waals surface area contributed by atoms with Crippen molar-refractivity contribution < 1.29 is 19.5 Å². The SMILES string of the molecule is CC(=O)c1sc(N(C(=O)CCn2ccc(C(=O)O)n2)C2CC2)nc1C. The zero-order valence-corrected chi connectivity index (χ0v) is 14.7. The van der Waals surface area contributed by atoms with Crippen LogP contribution in [0.25, 0.3) is 0 Å². The molecule has 0 aliphatic heterocycles. The third-order valence-corrected chi connectivity index (χ3v) is 5.16. The van der Waals surface area contributed by atoms with Crippen LogP contribution in [0.3, 0.4) is 0 Å². The molecule has 1 aliphatic rings. The van der Waals surface area contributed by atoms with Gasteiger partial charge >= 0.3 is 5.97 Å². The number of aromatic nitrogens is 3. The Labute approximate surface area is 148 Å². The summed E-state index contributed by atoms with van der Waals surface area (Å²) < 4.78 is 1.44. The molecule has 1 fully saturated rings. The third-order valence-electron chi connectivity index (χ3n) is 3.91. The van der Waals surface area contributed by atoms with Gasteiger partial charge in [0.1, 0.15) is 0 Å². The molecule has 1 saturated carbocycles. The Balaban J connectivity index is 1.72. The molecule has 0 saturated heterocycles. The van der Waals surface area contributed by atoms with E-state index >= 15 is 0 Å². The average molecular weight is 362 g/mol. The fourth-order valence-electron chi connectivity index (χ4n) is 2.54. The van der Waals surface area contributed by atoms with Crippen LogP contribution in [0.15, 0.2) is 12.3 Å². The van der Waals surface area contributed by atoms with Crippen molar-refractivity contribution in [2.24, 2.45) is 0 Å². The molecule has 132 valence electrons. The third kappa shape index (κ3) is 3.76. The number of amides is 1. The van der Waals surface area contributed by atoms with Crippen LogP contribution in [0.1, 0.15) is 52.0 Å². The summed E-state index contributed by atoms with van der Waals surface area (Å²) in [6, 6.07) is 1.53. The standard InChI is InChI=1S/C16H18N4O4S/c1-9-14(10(2)21)25-16(17-9)20(11-3-4-11)13(22)6-8-19-7-5-12(18-19)15(23)24/h5,7,11H,3-4,6,8H2,1-2H3,(H,23,24). The Morgan fingerprint density at radius 2 is 2.12 bits per heavy atom. The maximum absolute atomic E-state index is 12.7. The van der Waals surface area contributed by atoms with E-state index < -0.39 is 5.97 Å². The molecule has 9 heteroatoms. The molecule has 2 heterocycles. The summed E-state index contributed by atoms with van der Waals surface area (Å²) in [7, 11) is 0. The predicted octanol–water partition coefficient (Wildman–Crippen LogP) is 2.13. The monoisotopic (exact) mass is 362 g/mol. The number of anilines is 1. The highest BCUT2D eigenvalue weighted by atomic mass is 32.1. The second-order valence-electron chi connectivity index (χ2n) is 5.98. The number of hydrogen-bond donors (Lipinski definition) is 1. The van der Waals surface area contributed by atoms with Crippen LogP contribution in [0.4, 0.5) is 5.13 Å². The van der Waals surface area contributed by atoms with Gasteiger partial charge in [-0.15, -0.1) is 0 Å². The van der Waals surface area contributed by atoms with Crippen LogP contribution in [0.2, 0.25) is 0 Å². The van der Waals surface area contributed by atoms with Crippen molar-refractivity contribution in [1.82, 2.24) is 14.8 Å². The lowest BCUT2D eigenvalue weighted by molar-refractivity contribution is -0.119. The Bertz CT molecular complexity index is 837. The summed E-state index contributed by atoms with van der Waals surface area (Å²) in [6.45, 7) is 3.55. The molecule has 1 aliphatic carbocycles. The molecule has 0 spiro atoms. The number of carbonyl (C=O) groups excluding carboxylic acids is 2. The molecule has 1 N–H and O–H groups in total. The van der Waals surface area contributed by atoms with E-state index in [9.17, 15) is 14.4 Å². The second kappa shape index (κ2) is 6.75. The van der Waals surface area contributed by atoms with Crippen molar-refractivity contribution in [2.45, 2.75) is 45.7 Å². The van der Waals surface area contributed by atoms with Gasteiger partial charge in [0.05, 0.1) is 10.6 Å². The zero-order valence-electron chi connectivity index (χ0n) is 13.9. The first-order valence-corrected chi connectivity index (χ1v) is 8.75. The molecule has 0 bridgehead atoms. The van der Waals surface area contributed by atoms with Crippen LogP contribution in [-0.4, -0.2) is 43.6 Å². The van der Waals surface area contributed by atoms with Gasteiger partial charge in [-0.25, -0.2) is 9.78 Å². The van der Waals surface area contributed by atoms with Crippen LogP contribution in [0, 0.1) is 6.92 Å². The van der Waals surface area contributed by atoms with Crippen LogP contribution in [0.5, 0.6) is 0 Å². The highest BCUT2D eigenvalue weighted by molar-refractivity contribution is 7.17. The summed E-state index contributed by atoms with van der Waals surface area (Å²) in [4.78, 5) is 41.8. The summed E-state index contributed by atoms with van der Waals surface area (Å²) in [5.74, 6) is -1.25. The maximum Gasteiger partial charge on any atom is 0.356 e. The minimum atomic E-state index is -1.10. The molecule has 2 aromatic rings. The van der Waals surface area contributed by atoms with E-state index in [-0.39, 0.29) is 29.8 Å². The lowest BCUT2D eigenvalue weighted by Crippen LogP contribution is -2.33. The van der Waals surface area contributed by atoms with E-state index in [4.69, 9.17) is 5.11 Å². The Morgan fingerprint density at radius 1 is 1.40 bits per heavy atom. The molecule has 1 amide bonds. The van der Waals surface area contributed by atoms with Crippen molar-refractivity contribution >= 4 is 34.1 Å². The van der Waals surface area contributed by atoms with Gasteiger partial charge in [-0.2, -0.15) is 5.10 Å². The number of carboxylic acid groups (broad SMARTS) is 1. The summed E-state index contributed by atoms with van der Waals surface area (Å²) in [5.41, 5.74) is 0.595. The van der Waals surface area contributed by atoms with Gasteiger partial charge in [0.2, 0.25) is 5.91 Å². The minimum Gasteiger partial charge on any atom is -0.476 e. The van der Waals surface area contributed by atoms with E-state index in [1.54, 1.807) is 18.0 Å². The van der Waals surface area contributed by atoms with E-state index in [0.717, 1.165) is 12.8 Å². The number of rotatable bonds is 7. The number of hydrogen-bond acceptors (Lipinski definition) is 6. The smallest absolute Gasteiger partial charge is 0.356 e. The summed E-state index contributed by atoms with van der Waals surface area (Å²) >= 11 is 1.25. The molecule has 0 atom stereocenters. The van der Waals surface area contributed by atoms with Crippen molar-refractivity contribution in [3.05, 3.63) is 28.5 Å². The molecular formula is C16H18N4O4S. The molecule has 0 unspecified atom stereocenters. The first-order chi connectivity index (χ1) is 11.9. The fourth-order valence-corrected chi connectivity index (χ4v) is 3.59. The largest absolute Gasteiger partial charge is 0.476 e. The Kier molecular flexibility index (Phi) is 4.67. The van der Waals surface area contributed by atoms with E-state index in [0.29, 0.717) is 22.2 Å². The normalized spacial score (nSPS) is 13.7. The quantitative estimate of drug-likeness (QED) is 0.757. The van der Waals surface area contributed by atoms with Crippen LogP contribution >= 0.6 is 11.3 Å². The molecule has 25 heavy (non-hydrogen) atoms. The second-order valence-corrected chi connectivity index (χ2v) is 6.96. The van der Waals surface area contributed by atoms with Gasteiger partial charge in [-0.05, 0) is 25.8 Å². The van der Waals surface area contributed by atoms with E-state index in [1.807, 2.05) is 0 Å². The van der Waals surface area contributed by atoms with E-state index in [2.05, 4.69) is 10.1 Å². The van der Waals surface area contributed by atoms with Gasteiger partial charge in [0.25, 0.3) is 0 Å². The number of ketones is 1. The highest BCUT2D eigenvalue weighted by Gasteiger charge is 2.35. The first kappa shape index (κ1) is 17.3. The first-order valence-electron chi connectivity index (χ1n) is 7.94. The Hall–Kier alpha value is -2.55. The number of nitrogens with zero attached hydrogens (tertiary/aromatic N) is 4. The van der Waals surface area contributed by atoms with Gasteiger partial charge in [-0.1, -0.05) is 11.3 Å². The zero-order chi connectivity index (χ0) is 18.1. The average Bonchev–Trinajstić information content (AvgIpc) is 3.11. The van der Waals surface area contributed by atoms with Crippen LogP contribution < -0.4 is 4.90 Å². The topological polar surface area (TPSA) is 105 Å². The van der Waals surface area contributed by atoms with Crippen LogP contribution in [-0.2, 0) is 11.3 Å². The minimum absolute atomic E-state index is 0.0480. The highest BCUT2D eigenvalue weighted by Crippen LogP contribution is 2.36. The summed E-state index contributed by atoms with van der Waals surface area (Å²) in [5, 5.41) is 13.3. The molecule has 2 aromatic heterocycles. The fraction of sp³-hybridized carbons (Fsp3) is 0.438. The number of aryl methyl sites for hydroxylation is 2. The molecular weight excluding hydrogens is 344 g/mol. The number of carboxylic acids is 1. The lowest BCUT2D eigenvalue weighted by atomic mass is 10.3. The maximum atomic E-state index is 12.7. The van der Waals surface area contributed by atoms with E-state index in [1.165, 1.54) is 29.0 Å². The predicted molar refractivity (Wildman–Crippen MR) is 91.2 cm³/mol. The molecule has 3 rings (SSSR count). The number of carbonyl (C=O) groups is 3. The van der Waals surface area contributed by atoms with Crippen molar-refractivity contribution in [3.63, 3.8) is 0 Å².